The van der Waals surface area contributed by atoms with E-state index in [9.17, 15) is 0 Å². The van der Waals surface area contributed by atoms with Crippen LogP contribution < -0.4 is 0 Å². The molecular formula is C15H21NS. The fourth-order valence-electron chi connectivity index (χ4n) is 2.94. The maximum Gasteiger partial charge on any atom is 0.0108 e. The minimum Gasteiger partial charge on any atom is -0.303 e. The normalized spacial score (nSPS) is 26.1. The zero-order valence-electron chi connectivity index (χ0n) is 10.6. The lowest BCUT2D eigenvalue weighted by molar-refractivity contribution is 0.185. The summed E-state index contributed by atoms with van der Waals surface area (Å²) in [5.41, 5.74) is 1.59. The molecule has 1 aromatic carbocycles. The van der Waals surface area contributed by atoms with Crippen molar-refractivity contribution in [2.24, 2.45) is 5.92 Å². The van der Waals surface area contributed by atoms with Gasteiger partial charge in [0, 0.05) is 23.1 Å². The van der Waals surface area contributed by atoms with Crippen LogP contribution in [0.15, 0.2) is 29.2 Å². The molecule has 2 aliphatic heterocycles. The lowest BCUT2D eigenvalue weighted by Gasteiger charge is -2.32. The predicted molar refractivity (Wildman–Crippen MR) is 74.7 cm³/mol. The molecule has 0 amide bonds. The second kappa shape index (κ2) is 5.03. The van der Waals surface area contributed by atoms with Crippen LogP contribution in [0.1, 0.15) is 31.2 Å². The minimum absolute atomic E-state index is 0.768. The van der Waals surface area contributed by atoms with Crippen LogP contribution in [0, 0.1) is 5.92 Å². The van der Waals surface area contributed by atoms with Crippen LogP contribution in [-0.4, -0.2) is 30.3 Å². The van der Waals surface area contributed by atoms with E-state index in [0.717, 1.165) is 11.8 Å². The minimum atomic E-state index is 0.768. The molecule has 2 heterocycles. The number of benzene rings is 1. The summed E-state index contributed by atoms with van der Waals surface area (Å²) in [7, 11) is 0. The van der Waals surface area contributed by atoms with Crippen LogP contribution in [0.25, 0.3) is 0 Å². The third-order valence-corrected chi connectivity index (χ3v) is 5.41. The van der Waals surface area contributed by atoms with Gasteiger partial charge in [-0.15, -0.1) is 11.8 Å². The van der Waals surface area contributed by atoms with Crippen LogP contribution in [0.5, 0.6) is 0 Å². The SMILES string of the molecule is CC1CCN(CC2CSc3ccccc32)CC1. The summed E-state index contributed by atoms with van der Waals surface area (Å²) in [6, 6.07) is 8.96. The Morgan fingerprint density at radius 3 is 2.82 bits per heavy atom. The van der Waals surface area contributed by atoms with Gasteiger partial charge in [-0.25, -0.2) is 0 Å². The smallest absolute Gasteiger partial charge is 0.0108 e. The molecule has 0 saturated carbocycles. The molecule has 1 unspecified atom stereocenters. The zero-order valence-corrected chi connectivity index (χ0v) is 11.4. The Labute approximate surface area is 109 Å². The van der Waals surface area contributed by atoms with Crippen molar-refractivity contribution in [2.45, 2.75) is 30.6 Å². The summed E-state index contributed by atoms with van der Waals surface area (Å²) in [6.07, 6.45) is 2.78. The average Bonchev–Trinajstić information content (AvgIpc) is 2.76. The Morgan fingerprint density at radius 2 is 2.00 bits per heavy atom. The van der Waals surface area contributed by atoms with Crippen molar-refractivity contribution in [3.05, 3.63) is 29.8 Å². The first-order valence-corrected chi connectivity index (χ1v) is 7.75. The van der Waals surface area contributed by atoms with Crippen LogP contribution in [0.3, 0.4) is 0 Å². The summed E-state index contributed by atoms with van der Waals surface area (Å²) in [5.74, 6) is 2.99. The maximum absolute atomic E-state index is 2.67. The van der Waals surface area contributed by atoms with E-state index in [1.54, 1.807) is 5.56 Å². The molecule has 0 bridgehead atoms. The van der Waals surface area contributed by atoms with E-state index >= 15 is 0 Å². The molecule has 1 fully saturated rings. The Balaban J connectivity index is 1.64. The molecule has 2 heteroatoms. The number of piperidine rings is 1. The molecule has 1 nitrogen and oxygen atoms in total. The lowest BCUT2D eigenvalue weighted by atomic mass is 9.96. The molecule has 3 rings (SSSR count). The summed E-state index contributed by atoms with van der Waals surface area (Å²) in [6.45, 7) is 6.28. The van der Waals surface area contributed by atoms with E-state index in [1.165, 1.54) is 43.1 Å². The molecule has 2 aliphatic rings. The first kappa shape index (κ1) is 11.6. The molecule has 0 aliphatic carbocycles. The molecule has 0 spiro atoms. The summed E-state index contributed by atoms with van der Waals surface area (Å²) < 4.78 is 0. The van der Waals surface area contributed by atoms with Crippen LogP contribution in [0.2, 0.25) is 0 Å². The largest absolute Gasteiger partial charge is 0.303 e. The zero-order chi connectivity index (χ0) is 11.7. The van der Waals surface area contributed by atoms with Crippen molar-refractivity contribution in [1.29, 1.82) is 0 Å². The summed E-state index contributed by atoms with van der Waals surface area (Å²) >= 11 is 2.04. The molecule has 0 radical (unpaired) electrons. The number of fused-ring (bicyclic) bond motifs is 1. The highest BCUT2D eigenvalue weighted by molar-refractivity contribution is 7.99. The van der Waals surface area contributed by atoms with Gasteiger partial charge in [-0.3, -0.25) is 0 Å². The maximum atomic E-state index is 2.67. The van der Waals surface area contributed by atoms with Gasteiger partial charge in [-0.1, -0.05) is 25.1 Å². The molecular weight excluding hydrogens is 226 g/mol. The fraction of sp³-hybridized carbons (Fsp3) is 0.600. The first-order chi connectivity index (χ1) is 8.33. The third-order valence-electron chi connectivity index (χ3n) is 4.15. The van der Waals surface area contributed by atoms with Crippen LogP contribution in [-0.2, 0) is 0 Å². The van der Waals surface area contributed by atoms with Crippen molar-refractivity contribution in [3.8, 4) is 0 Å². The average molecular weight is 247 g/mol. The first-order valence-electron chi connectivity index (χ1n) is 6.77. The van der Waals surface area contributed by atoms with Gasteiger partial charge < -0.3 is 4.90 Å². The molecule has 1 saturated heterocycles. The van der Waals surface area contributed by atoms with Gasteiger partial charge in [0.25, 0.3) is 0 Å². The monoisotopic (exact) mass is 247 g/mol. The molecule has 92 valence electrons. The topological polar surface area (TPSA) is 3.24 Å². The Bertz CT molecular complexity index is 382. The van der Waals surface area contributed by atoms with Gasteiger partial charge in [0.15, 0.2) is 0 Å². The second-order valence-electron chi connectivity index (χ2n) is 5.53. The highest BCUT2D eigenvalue weighted by Gasteiger charge is 2.26. The van der Waals surface area contributed by atoms with Gasteiger partial charge in [0.2, 0.25) is 0 Å². The fourth-order valence-corrected chi connectivity index (χ4v) is 4.18. The van der Waals surface area contributed by atoms with E-state index < -0.39 is 0 Å². The van der Waals surface area contributed by atoms with E-state index in [4.69, 9.17) is 0 Å². The highest BCUT2D eigenvalue weighted by Crippen LogP contribution is 2.39. The van der Waals surface area contributed by atoms with Crippen molar-refractivity contribution in [1.82, 2.24) is 4.90 Å². The van der Waals surface area contributed by atoms with Crippen LogP contribution in [0.4, 0.5) is 0 Å². The molecule has 1 atom stereocenters. The van der Waals surface area contributed by atoms with Crippen molar-refractivity contribution in [3.63, 3.8) is 0 Å². The third kappa shape index (κ3) is 2.53. The highest BCUT2D eigenvalue weighted by atomic mass is 32.2. The van der Waals surface area contributed by atoms with Gasteiger partial charge in [-0.2, -0.15) is 0 Å². The summed E-state index contributed by atoms with van der Waals surface area (Å²) in [5, 5.41) is 0. The number of thioether (sulfide) groups is 1. The van der Waals surface area contributed by atoms with Gasteiger partial charge in [0.05, 0.1) is 0 Å². The van der Waals surface area contributed by atoms with E-state index in [-0.39, 0.29) is 0 Å². The van der Waals surface area contributed by atoms with Crippen LogP contribution >= 0.6 is 11.8 Å². The lowest BCUT2D eigenvalue weighted by Crippen LogP contribution is -2.36. The van der Waals surface area contributed by atoms with Gasteiger partial charge in [0.1, 0.15) is 0 Å². The van der Waals surface area contributed by atoms with Crippen molar-refractivity contribution < 1.29 is 0 Å². The van der Waals surface area contributed by atoms with Crippen molar-refractivity contribution >= 4 is 11.8 Å². The number of rotatable bonds is 2. The number of hydrogen-bond acceptors (Lipinski definition) is 2. The molecule has 0 aromatic heterocycles. The summed E-state index contributed by atoms with van der Waals surface area (Å²) in [4.78, 5) is 4.19. The van der Waals surface area contributed by atoms with Gasteiger partial charge in [-0.05, 0) is 43.5 Å². The number of nitrogens with zero attached hydrogens (tertiary/aromatic N) is 1. The quantitative estimate of drug-likeness (QED) is 0.785. The van der Waals surface area contributed by atoms with E-state index in [2.05, 4.69) is 36.1 Å². The molecule has 17 heavy (non-hydrogen) atoms. The van der Waals surface area contributed by atoms with Crippen molar-refractivity contribution in [2.75, 3.05) is 25.4 Å². The van der Waals surface area contributed by atoms with Gasteiger partial charge >= 0.3 is 0 Å². The standard InChI is InChI=1S/C15H21NS/c1-12-6-8-16(9-7-12)10-13-11-17-15-5-3-2-4-14(13)15/h2-5,12-13H,6-11H2,1H3. The van der Waals surface area contributed by atoms with E-state index in [0.29, 0.717) is 0 Å². The second-order valence-corrected chi connectivity index (χ2v) is 6.59. The number of hydrogen-bond donors (Lipinski definition) is 0. The Kier molecular flexibility index (Phi) is 3.44. The number of likely N-dealkylation sites (tertiary alicyclic amines) is 1. The molecule has 0 N–H and O–H groups in total. The Morgan fingerprint density at radius 1 is 1.24 bits per heavy atom. The van der Waals surface area contributed by atoms with E-state index in [1.807, 2.05) is 11.8 Å². The predicted octanol–water partition coefficient (Wildman–Crippen LogP) is 3.61. The Hall–Kier alpha value is -0.470. The molecule has 1 aromatic rings.